The van der Waals surface area contributed by atoms with E-state index in [2.05, 4.69) is 15.3 Å². The number of aromatic nitrogens is 2. The van der Waals surface area contributed by atoms with Crippen LogP contribution in [0.4, 0.5) is 15.9 Å². The van der Waals surface area contributed by atoms with Crippen LogP contribution in [0, 0.1) is 19.7 Å². The minimum atomic E-state index is -0.650. The third kappa shape index (κ3) is 3.08. The quantitative estimate of drug-likeness (QED) is 0.629. The van der Waals surface area contributed by atoms with Crippen LogP contribution in [-0.2, 0) is 0 Å². The SMILES string of the molecule is Cc1nc(Cl)c(C)c(Nc2cc(Cl)c(F)c(Cl)c2)n1. The molecule has 0 saturated heterocycles. The van der Waals surface area contributed by atoms with E-state index in [4.69, 9.17) is 34.8 Å². The van der Waals surface area contributed by atoms with Gasteiger partial charge in [-0.15, -0.1) is 0 Å². The van der Waals surface area contributed by atoms with Crippen molar-refractivity contribution in [1.29, 1.82) is 0 Å². The van der Waals surface area contributed by atoms with Crippen molar-refractivity contribution in [2.75, 3.05) is 5.32 Å². The van der Waals surface area contributed by atoms with Crippen molar-refractivity contribution in [1.82, 2.24) is 9.97 Å². The summed E-state index contributed by atoms with van der Waals surface area (Å²) < 4.78 is 13.3. The second-order valence-corrected chi connectivity index (χ2v) is 5.09. The van der Waals surface area contributed by atoms with Gasteiger partial charge in [0.25, 0.3) is 0 Å². The Morgan fingerprint density at radius 1 is 1.05 bits per heavy atom. The van der Waals surface area contributed by atoms with Crippen LogP contribution in [0.2, 0.25) is 15.2 Å². The molecule has 0 atom stereocenters. The second kappa shape index (κ2) is 5.49. The lowest BCUT2D eigenvalue weighted by Gasteiger charge is -2.11. The van der Waals surface area contributed by atoms with Crippen LogP contribution in [0.25, 0.3) is 0 Å². The zero-order chi connectivity index (χ0) is 14.2. The molecule has 0 fully saturated rings. The van der Waals surface area contributed by atoms with E-state index < -0.39 is 5.82 Å². The highest BCUT2D eigenvalue weighted by molar-refractivity contribution is 6.35. The van der Waals surface area contributed by atoms with Gasteiger partial charge in [0, 0.05) is 11.3 Å². The molecule has 2 aromatic rings. The number of nitrogens with zero attached hydrogens (tertiary/aromatic N) is 2. The first-order chi connectivity index (χ1) is 8.88. The van der Waals surface area contributed by atoms with Crippen LogP contribution in [0.3, 0.4) is 0 Å². The normalized spacial score (nSPS) is 10.6. The highest BCUT2D eigenvalue weighted by Gasteiger charge is 2.11. The van der Waals surface area contributed by atoms with Gasteiger partial charge in [-0.05, 0) is 26.0 Å². The van der Waals surface area contributed by atoms with Gasteiger partial charge >= 0.3 is 0 Å². The molecule has 3 nitrogen and oxygen atoms in total. The predicted molar refractivity (Wildman–Crippen MR) is 76.2 cm³/mol. The van der Waals surface area contributed by atoms with E-state index in [1.54, 1.807) is 13.8 Å². The van der Waals surface area contributed by atoms with E-state index in [9.17, 15) is 4.39 Å². The summed E-state index contributed by atoms with van der Waals surface area (Å²) in [6.45, 7) is 3.50. The summed E-state index contributed by atoms with van der Waals surface area (Å²) in [6.07, 6.45) is 0. The van der Waals surface area contributed by atoms with Crippen molar-refractivity contribution in [3.63, 3.8) is 0 Å². The number of anilines is 2. The maximum absolute atomic E-state index is 13.3. The first-order valence-corrected chi connectivity index (χ1v) is 6.44. The standard InChI is InChI=1S/C12H9Cl3FN3/c1-5-11(15)17-6(2)18-12(5)19-7-3-8(13)10(16)9(14)4-7/h3-4H,1-2H3,(H,17,18,19). The van der Waals surface area contributed by atoms with Gasteiger partial charge in [0.2, 0.25) is 0 Å². The maximum atomic E-state index is 13.3. The summed E-state index contributed by atoms with van der Waals surface area (Å²) in [5, 5.41) is 3.22. The molecule has 0 unspecified atom stereocenters. The van der Waals surface area contributed by atoms with Gasteiger partial charge in [0.05, 0.1) is 10.0 Å². The van der Waals surface area contributed by atoms with Gasteiger partial charge in [-0.2, -0.15) is 0 Å². The molecule has 0 aliphatic carbocycles. The zero-order valence-corrected chi connectivity index (χ0v) is 12.3. The number of benzene rings is 1. The fraction of sp³-hybridized carbons (Fsp3) is 0.167. The Morgan fingerprint density at radius 3 is 2.21 bits per heavy atom. The van der Waals surface area contributed by atoms with Crippen LogP contribution in [0.1, 0.15) is 11.4 Å². The molecule has 0 spiro atoms. The molecule has 0 bridgehead atoms. The topological polar surface area (TPSA) is 37.8 Å². The molecule has 1 heterocycles. The molecule has 0 radical (unpaired) electrons. The number of halogens is 4. The third-order valence-corrected chi connectivity index (χ3v) is 3.36. The molecule has 0 aliphatic heterocycles. The van der Waals surface area contributed by atoms with Crippen molar-refractivity contribution >= 4 is 46.3 Å². The summed E-state index contributed by atoms with van der Waals surface area (Å²) in [5.41, 5.74) is 1.21. The Labute approximate surface area is 124 Å². The van der Waals surface area contributed by atoms with Crippen LogP contribution < -0.4 is 5.32 Å². The maximum Gasteiger partial charge on any atom is 0.160 e. The lowest BCUT2D eigenvalue weighted by atomic mass is 10.3. The highest BCUT2D eigenvalue weighted by Crippen LogP contribution is 2.30. The molecule has 2 rings (SSSR count). The second-order valence-electron chi connectivity index (χ2n) is 3.91. The first kappa shape index (κ1) is 14.3. The Morgan fingerprint density at radius 2 is 1.63 bits per heavy atom. The van der Waals surface area contributed by atoms with Gasteiger partial charge in [-0.25, -0.2) is 14.4 Å². The van der Waals surface area contributed by atoms with Crippen molar-refractivity contribution in [2.24, 2.45) is 0 Å². The van der Waals surface area contributed by atoms with E-state index in [1.165, 1.54) is 12.1 Å². The number of hydrogen-bond acceptors (Lipinski definition) is 3. The summed E-state index contributed by atoms with van der Waals surface area (Å²) in [5.74, 6) is 0.399. The number of rotatable bonds is 2. The minimum Gasteiger partial charge on any atom is -0.340 e. The van der Waals surface area contributed by atoms with Crippen LogP contribution in [0.15, 0.2) is 12.1 Å². The molecule has 100 valence electrons. The van der Waals surface area contributed by atoms with E-state index in [0.29, 0.717) is 28.0 Å². The first-order valence-electron chi connectivity index (χ1n) is 5.31. The molecular formula is C12H9Cl3FN3. The van der Waals surface area contributed by atoms with Gasteiger partial charge in [0.1, 0.15) is 16.8 Å². The van der Waals surface area contributed by atoms with Crippen molar-refractivity contribution in [3.8, 4) is 0 Å². The van der Waals surface area contributed by atoms with Gasteiger partial charge in [0.15, 0.2) is 5.82 Å². The molecule has 0 aliphatic rings. The minimum absolute atomic E-state index is 0.0653. The molecule has 19 heavy (non-hydrogen) atoms. The molecule has 1 N–H and O–H groups in total. The number of nitrogens with one attached hydrogen (secondary N) is 1. The van der Waals surface area contributed by atoms with Crippen LogP contribution in [0.5, 0.6) is 0 Å². The Hall–Kier alpha value is -1.10. The lowest BCUT2D eigenvalue weighted by Crippen LogP contribution is -2.01. The lowest BCUT2D eigenvalue weighted by molar-refractivity contribution is 0.629. The van der Waals surface area contributed by atoms with Crippen LogP contribution in [-0.4, -0.2) is 9.97 Å². The monoisotopic (exact) mass is 319 g/mol. The Balaban J connectivity index is 2.42. The predicted octanol–water partition coefficient (Wildman–Crippen LogP) is 4.94. The van der Waals surface area contributed by atoms with Gasteiger partial charge < -0.3 is 5.32 Å². The van der Waals surface area contributed by atoms with Crippen molar-refractivity contribution < 1.29 is 4.39 Å². The van der Waals surface area contributed by atoms with E-state index in [-0.39, 0.29) is 10.0 Å². The largest absolute Gasteiger partial charge is 0.340 e. The molecule has 1 aromatic heterocycles. The number of aryl methyl sites for hydroxylation is 1. The summed E-state index contributed by atoms with van der Waals surface area (Å²) >= 11 is 17.4. The van der Waals surface area contributed by atoms with Gasteiger partial charge in [-0.3, -0.25) is 0 Å². The Kier molecular flexibility index (Phi) is 4.13. The van der Waals surface area contributed by atoms with Gasteiger partial charge in [-0.1, -0.05) is 34.8 Å². The van der Waals surface area contributed by atoms with Crippen LogP contribution >= 0.6 is 34.8 Å². The average Bonchev–Trinajstić information content (AvgIpc) is 2.32. The van der Waals surface area contributed by atoms with Crippen molar-refractivity contribution in [3.05, 3.63) is 44.5 Å². The summed E-state index contributed by atoms with van der Waals surface area (Å²) in [4.78, 5) is 8.25. The van der Waals surface area contributed by atoms with E-state index >= 15 is 0 Å². The Bertz CT molecular complexity index is 623. The van der Waals surface area contributed by atoms with Crippen molar-refractivity contribution in [2.45, 2.75) is 13.8 Å². The fourth-order valence-corrected chi connectivity index (χ4v) is 2.18. The highest BCUT2D eigenvalue weighted by atomic mass is 35.5. The fourth-order valence-electron chi connectivity index (χ4n) is 1.48. The van der Waals surface area contributed by atoms with E-state index in [0.717, 1.165) is 0 Å². The molecule has 7 heteroatoms. The summed E-state index contributed by atoms with van der Waals surface area (Å²) in [7, 11) is 0. The molecule has 0 saturated carbocycles. The average molecular weight is 321 g/mol. The molecule has 0 amide bonds. The van der Waals surface area contributed by atoms with E-state index in [1.807, 2.05) is 0 Å². The number of hydrogen-bond donors (Lipinski definition) is 1. The summed E-state index contributed by atoms with van der Waals surface area (Å²) in [6, 6.07) is 2.85. The third-order valence-electron chi connectivity index (χ3n) is 2.44. The smallest absolute Gasteiger partial charge is 0.160 e. The molecular weight excluding hydrogens is 312 g/mol. The zero-order valence-electron chi connectivity index (χ0n) is 10.1. The molecule has 1 aromatic carbocycles.